The van der Waals surface area contributed by atoms with Crippen LogP contribution in [-0.2, 0) is 43.9 Å². The Bertz CT molecular complexity index is 2060. The molecule has 0 saturated carbocycles. The summed E-state index contributed by atoms with van der Waals surface area (Å²) in [5.74, 6) is 0.924. The highest BCUT2D eigenvalue weighted by molar-refractivity contribution is 7.99. The average Bonchev–Trinajstić information content (AvgIpc) is 3.20. The van der Waals surface area contributed by atoms with Crippen molar-refractivity contribution in [2.24, 2.45) is 0 Å². The van der Waals surface area contributed by atoms with Crippen LogP contribution in [0.5, 0.6) is 0 Å². The first kappa shape index (κ1) is 39.4. The maximum Gasteiger partial charge on any atom is 0.241 e. The zero-order valence-electron chi connectivity index (χ0n) is 30.1. The summed E-state index contributed by atoms with van der Waals surface area (Å²) in [6.07, 6.45) is -0.0346. The molecule has 0 radical (unpaired) electrons. The summed E-state index contributed by atoms with van der Waals surface area (Å²) in [5, 5.41) is 21.8. The highest BCUT2D eigenvalue weighted by Crippen LogP contribution is 2.39. The predicted molar refractivity (Wildman–Crippen MR) is 212 cm³/mol. The molecule has 1 fully saturated rings. The zero-order valence-corrected chi connectivity index (χ0v) is 31.8. The number of thioether (sulfide) groups is 1. The molecule has 0 aromatic heterocycles. The van der Waals surface area contributed by atoms with E-state index in [0.29, 0.717) is 12.2 Å². The van der Waals surface area contributed by atoms with Crippen molar-refractivity contribution >= 4 is 27.7 Å². The van der Waals surface area contributed by atoms with Crippen molar-refractivity contribution < 1.29 is 32.9 Å². The smallest absolute Gasteiger partial charge is 0.241 e. The maximum absolute atomic E-state index is 13.7. The Labute approximate surface area is 321 Å². The largest absolute Gasteiger partial charge is 0.396 e. The topological polar surface area (TPSA) is 134 Å². The van der Waals surface area contributed by atoms with E-state index in [1.54, 1.807) is 23.9 Å². The third kappa shape index (κ3) is 10.5. The van der Waals surface area contributed by atoms with Crippen LogP contribution >= 0.6 is 11.8 Å². The molecule has 0 spiro atoms. The molecule has 5 aromatic rings. The van der Waals surface area contributed by atoms with Crippen molar-refractivity contribution in [2.75, 3.05) is 18.1 Å². The van der Waals surface area contributed by atoms with Crippen LogP contribution in [0, 0.1) is 6.92 Å². The fourth-order valence-electron chi connectivity index (χ4n) is 6.39. The van der Waals surface area contributed by atoms with Gasteiger partial charge in [0, 0.05) is 30.0 Å². The summed E-state index contributed by atoms with van der Waals surface area (Å²) in [4.78, 5) is 13.8. The molecule has 1 amide bonds. The van der Waals surface area contributed by atoms with Crippen LogP contribution in [0.15, 0.2) is 132 Å². The molecule has 4 N–H and O–H groups in total. The first-order valence-corrected chi connectivity index (χ1v) is 20.6. The number of hydrogen-bond donors (Lipinski definition) is 4. The van der Waals surface area contributed by atoms with Crippen LogP contribution in [0.25, 0.3) is 11.1 Å². The first-order valence-electron chi connectivity index (χ1n) is 18.0. The van der Waals surface area contributed by atoms with Gasteiger partial charge in [-0.3, -0.25) is 4.79 Å². The lowest BCUT2D eigenvalue weighted by atomic mass is 9.97. The van der Waals surface area contributed by atoms with E-state index in [2.05, 4.69) is 10.0 Å². The number of aliphatic hydroxyl groups excluding tert-OH is 2. The predicted octanol–water partition coefficient (Wildman–Crippen LogP) is 6.63. The minimum atomic E-state index is -3.97. The highest BCUT2D eigenvalue weighted by atomic mass is 32.2. The number of rotatable bonds is 16. The molecule has 282 valence electrons. The standard InChI is InChI=1S/C43H46N2O7S2/c1-30-11-21-38(22-12-30)54(49,50)45-40(25-31-7-3-2-4-8-31)42(48)44-27-36-9-5-6-10-39(36)33-17-19-35(20-18-33)43-51-37(29-53-24-23-46)26-41(52-43)34-15-13-32(28-47)14-16-34/h2-22,37,40-41,43,45-47H,23-29H2,1H3,(H,44,48). The van der Waals surface area contributed by atoms with E-state index < -0.39 is 28.3 Å². The summed E-state index contributed by atoms with van der Waals surface area (Å²) in [5.41, 5.74) is 7.21. The number of sulfonamides is 1. The molecule has 6 rings (SSSR count). The maximum atomic E-state index is 13.7. The monoisotopic (exact) mass is 766 g/mol. The number of benzene rings is 5. The quantitative estimate of drug-likeness (QED) is 0.0823. The van der Waals surface area contributed by atoms with Crippen molar-refractivity contribution in [3.05, 3.63) is 161 Å². The molecule has 11 heteroatoms. The van der Waals surface area contributed by atoms with E-state index in [4.69, 9.17) is 9.47 Å². The molecule has 9 nitrogen and oxygen atoms in total. The third-order valence-electron chi connectivity index (χ3n) is 9.35. The van der Waals surface area contributed by atoms with Crippen molar-refractivity contribution in [3.8, 4) is 11.1 Å². The summed E-state index contributed by atoms with van der Waals surface area (Å²) in [6, 6.07) is 38.4. The zero-order chi connectivity index (χ0) is 37.9. The minimum absolute atomic E-state index is 0.0232. The number of carbonyl (C=O) groups is 1. The first-order chi connectivity index (χ1) is 26.2. The van der Waals surface area contributed by atoms with Gasteiger partial charge >= 0.3 is 0 Å². The van der Waals surface area contributed by atoms with Gasteiger partial charge in [0.2, 0.25) is 15.9 Å². The van der Waals surface area contributed by atoms with E-state index in [1.807, 2.05) is 110 Å². The highest BCUT2D eigenvalue weighted by Gasteiger charge is 2.32. The van der Waals surface area contributed by atoms with Gasteiger partial charge in [0.1, 0.15) is 6.04 Å². The van der Waals surface area contributed by atoms with E-state index >= 15 is 0 Å². The van der Waals surface area contributed by atoms with Crippen LogP contribution in [0.2, 0.25) is 0 Å². The molecule has 5 aromatic carbocycles. The Kier molecular flexibility index (Phi) is 13.7. The van der Waals surface area contributed by atoms with Gasteiger partial charge in [0.15, 0.2) is 6.29 Å². The number of ether oxygens (including phenoxy) is 2. The lowest BCUT2D eigenvalue weighted by Gasteiger charge is -2.36. The molecule has 0 aliphatic carbocycles. The minimum Gasteiger partial charge on any atom is -0.396 e. The molecule has 1 aliphatic rings. The number of aliphatic hydroxyl groups is 2. The average molecular weight is 767 g/mol. The van der Waals surface area contributed by atoms with Gasteiger partial charge in [0.05, 0.1) is 30.3 Å². The second-order valence-electron chi connectivity index (χ2n) is 13.3. The molecule has 54 heavy (non-hydrogen) atoms. The van der Waals surface area contributed by atoms with E-state index in [0.717, 1.165) is 50.3 Å². The SMILES string of the molecule is Cc1ccc(S(=O)(=O)NC(Cc2ccccc2)C(=O)NCc2ccccc2-c2ccc(C3OC(CSCCO)CC(c4ccc(CO)cc4)O3)cc2)cc1. The lowest BCUT2D eigenvalue weighted by Crippen LogP contribution is -2.47. The molecule has 4 unspecified atom stereocenters. The molecule has 1 aliphatic heterocycles. The fraction of sp³-hybridized carbons (Fsp3) is 0.279. The fourth-order valence-corrected chi connectivity index (χ4v) is 8.36. The van der Waals surface area contributed by atoms with Gasteiger partial charge in [0.25, 0.3) is 0 Å². The Hall–Kier alpha value is -4.33. The second-order valence-corrected chi connectivity index (χ2v) is 16.2. The van der Waals surface area contributed by atoms with Gasteiger partial charge < -0.3 is 25.0 Å². The number of amides is 1. The summed E-state index contributed by atoms with van der Waals surface area (Å²) in [6.45, 7) is 2.16. The van der Waals surface area contributed by atoms with Crippen LogP contribution in [-0.4, -0.2) is 54.8 Å². The van der Waals surface area contributed by atoms with Gasteiger partial charge in [-0.1, -0.05) is 121 Å². The van der Waals surface area contributed by atoms with Crippen LogP contribution in [0.4, 0.5) is 0 Å². The summed E-state index contributed by atoms with van der Waals surface area (Å²) < 4.78 is 42.3. The molecular weight excluding hydrogens is 721 g/mol. The molecule has 1 saturated heterocycles. The van der Waals surface area contributed by atoms with Gasteiger partial charge in [-0.25, -0.2) is 8.42 Å². The van der Waals surface area contributed by atoms with E-state index in [9.17, 15) is 23.4 Å². The molecule has 0 bridgehead atoms. The van der Waals surface area contributed by atoms with Crippen molar-refractivity contribution in [3.63, 3.8) is 0 Å². The van der Waals surface area contributed by atoms with Crippen LogP contribution < -0.4 is 10.0 Å². The number of hydrogen-bond acceptors (Lipinski definition) is 8. The van der Waals surface area contributed by atoms with Crippen molar-refractivity contribution in [1.82, 2.24) is 10.0 Å². The van der Waals surface area contributed by atoms with Crippen molar-refractivity contribution in [1.29, 1.82) is 0 Å². The van der Waals surface area contributed by atoms with E-state index in [-0.39, 0.29) is 43.3 Å². The number of nitrogens with one attached hydrogen (secondary N) is 2. The second kappa shape index (κ2) is 18.8. The van der Waals surface area contributed by atoms with E-state index in [1.165, 1.54) is 12.1 Å². The Morgan fingerprint density at radius 1 is 0.815 bits per heavy atom. The summed E-state index contributed by atoms with van der Waals surface area (Å²) >= 11 is 1.64. The summed E-state index contributed by atoms with van der Waals surface area (Å²) in [7, 11) is -3.97. The van der Waals surface area contributed by atoms with Gasteiger partial charge in [-0.15, -0.1) is 0 Å². The molecule has 1 heterocycles. The van der Waals surface area contributed by atoms with Gasteiger partial charge in [-0.05, 0) is 58.9 Å². The van der Waals surface area contributed by atoms with Crippen LogP contribution in [0.1, 0.15) is 52.2 Å². The third-order valence-corrected chi connectivity index (χ3v) is 11.9. The van der Waals surface area contributed by atoms with Crippen LogP contribution in [0.3, 0.4) is 0 Å². The van der Waals surface area contributed by atoms with Crippen molar-refractivity contribution in [2.45, 2.75) is 62.4 Å². The Morgan fingerprint density at radius 3 is 2.20 bits per heavy atom. The Balaban J connectivity index is 1.17. The molecule has 4 atom stereocenters. The van der Waals surface area contributed by atoms with Gasteiger partial charge in [-0.2, -0.15) is 16.5 Å². The lowest BCUT2D eigenvalue weighted by molar-refractivity contribution is -0.245. The number of aryl methyl sites for hydroxylation is 1. The normalized spacial score (nSPS) is 17.9. The number of carbonyl (C=O) groups excluding carboxylic acids is 1. The Morgan fingerprint density at radius 2 is 1.50 bits per heavy atom. The molecular formula is C43H46N2O7S2.